The Balaban J connectivity index is 1.46. The molecule has 3 aromatic carbocycles. The minimum atomic E-state index is -3.95. The molecular weight excluding hydrogens is 474 g/mol. The van der Waals surface area contributed by atoms with Crippen molar-refractivity contribution in [1.82, 2.24) is 10.2 Å². The van der Waals surface area contributed by atoms with E-state index < -0.39 is 15.9 Å². The largest absolute Gasteiger partial charge is 0.350 e. The Kier molecular flexibility index (Phi) is 7.74. The SMILES string of the molecule is Cc1cc(C)cc(N(CC(=O)NCc2ccc(CN3CCCC3=O)cc2)S(=O)(=O)c2ccccc2)c1. The molecule has 36 heavy (non-hydrogen) atoms. The quantitative estimate of drug-likeness (QED) is 0.477. The van der Waals surface area contributed by atoms with Gasteiger partial charge in [0.15, 0.2) is 0 Å². The molecule has 7 nitrogen and oxygen atoms in total. The number of likely N-dealkylation sites (tertiary alicyclic amines) is 1. The second kappa shape index (κ2) is 11.0. The van der Waals surface area contributed by atoms with Crippen molar-refractivity contribution in [3.05, 3.63) is 95.1 Å². The van der Waals surface area contributed by atoms with E-state index in [9.17, 15) is 18.0 Å². The number of sulfonamides is 1. The number of nitrogens with one attached hydrogen (secondary N) is 1. The van der Waals surface area contributed by atoms with Gasteiger partial charge in [-0.25, -0.2) is 8.42 Å². The molecule has 0 aliphatic carbocycles. The molecule has 0 saturated carbocycles. The van der Waals surface area contributed by atoms with Crippen molar-refractivity contribution in [2.75, 3.05) is 17.4 Å². The Bertz CT molecular complexity index is 1320. The smallest absolute Gasteiger partial charge is 0.264 e. The standard InChI is InChI=1S/C28H31N3O4S/c1-21-15-22(2)17-25(16-21)31(36(34,35)26-7-4-3-5-8-26)20-27(32)29-18-23-10-12-24(13-11-23)19-30-14-6-9-28(30)33/h3-5,7-8,10-13,15-17H,6,9,14,18-20H2,1-2H3,(H,29,32). The van der Waals surface area contributed by atoms with Crippen LogP contribution < -0.4 is 9.62 Å². The zero-order valence-electron chi connectivity index (χ0n) is 20.6. The Morgan fingerprint density at radius 3 is 2.19 bits per heavy atom. The van der Waals surface area contributed by atoms with Gasteiger partial charge in [0.25, 0.3) is 10.0 Å². The van der Waals surface area contributed by atoms with Gasteiger partial charge in [-0.1, -0.05) is 48.5 Å². The minimum Gasteiger partial charge on any atom is -0.350 e. The Hall–Kier alpha value is -3.65. The monoisotopic (exact) mass is 505 g/mol. The number of amides is 2. The van der Waals surface area contributed by atoms with Gasteiger partial charge in [0, 0.05) is 26.1 Å². The van der Waals surface area contributed by atoms with Gasteiger partial charge in [-0.3, -0.25) is 13.9 Å². The van der Waals surface area contributed by atoms with E-state index in [2.05, 4.69) is 5.32 Å². The van der Waals surface area contributed by atoms with Crippen LogP contribution in [0.3, 0.4) is 0 Å². The lowest BCUT2D eigenvalue weighted by Gasteiger charge is -2.25. The van der Waals surface area contributed by atoms with Gasteiger partial charge >= 0.3 is 0 Å². The second-order valence-corrected chi connectivity index (χ2v) is 11.0. The number of carbonyl (C=O) groups excluding carboxylic acids is 2. The molecule has 8 heteroatoms. The summed E-state index contributed by atoms with van der Waals surface area (Å²) in [5, 5.41) is 2.84. The predicted octanol–water partition coefficient (Wildman–Crippen LogP) is 3.94. The van der Waals surface area contributed by atoms with E-state index in [0.717, 1.165) is 39.5 Å². The lowest BCUT2D eigenvalue weighted by atomic mass is 10.1. The van der Waals surface area contributed by atoms with Crippen LogP contribution in [0, 0.1) is 13.8 Å². The highest BCUT2D eigenvalue weighted by molar-refractivity contribution is 7.92. The zero-order chi connectivity index (χ0) is 25.7. The van der Waals surface area contributed by atoms with E-state index in [4.69, 9.17) is 0 Å². The van der Waals surface area contributed by atoms with Crippen molar-refractivity contribution >= 4 is 27.5 Å². The van der Waals surface area contributed by atoms with E-state index in [0.29, 0.717) is 18.7 Å². The number of carbonyl (C=O) groups is 2. The normalized spacial score (nSPS) is 13.6. The van der Waals surface area contributed by atoms with Crippen molar-refractivity contribution in [1.29, 1.82) is 0 Å². The van der Waals surface area contributed by atoms with Crippen molar-refractivity contribution in [3.63, 3.8) is 0 Å². The van der Waals surface area contributed by atoms with E-state index in [-0.39, 0.29) is 23.9 Å². The number of rotatable bonds is 9. The van der Waals surface area contributed by atoms with Crippen molar-refractivity contribution in [3.8, 4) is 0 Å². The fraction of sp³-hybridized carbons (Fsp3) is 0.286. The average Bonchev–Trinajstić information content (AvgIpc) is 3.26. The molecule has 1 aliphatic heterocycles. The number of aryl methyl sites for hydroxylation is 2. The molecule has 0 spiro atoms. The lowest BCUT2D eigenvalue weighted by Crippen LogP contribution is -2.40. The van der Waals surface area contributed by atoms with Gasteiger partial charge in [0.2, 0.25) is 11.8 Å². The number of hydrogen-bond donors (Lipinski definition) is 1. The summed E-state index contributed by atoms with van der Waals surface area (Å²) in [5.74, 6) is -0.217. The number of nitrogens with zero attached hydrogens (tertiary/aromatic N) is 2. The molecule has 0 bridgehead atoms. The first-order valence-electron chi connectivity index (χ1n) is 12.0. The predicted molar refractivity (Wildman–Crippen MR) is 140 cm³/mol. The summed E-state index contributed by atoms with van der Waals surface area (Å²) >= 11 is 0. The van der Waals surface area contributed by atoms with Crippen LogP contribution in [-0.2, 0) is 32.7 Å². The molecule has 0 unspecified atom stereocenters. The first kappa shape index (κ1) is 25.4. The third kappa shape index (κ3) is 6.12. The molecule has 0 aromatic heterocycles. The lowest BCUT2D eigenvalue weighted by molar-refractivity contribution is -0.128. The van der Waals surface area contributed by atoms with Crippen molar-refractivity contribution < 1.29 is 18.0 Å². The van der Waals surface area contributed by atoms with E-state index in [1.807, 2.05) is 49.1 Å². The maximum Gasteiger partial charge on any atom is 0.264 e. The summed E-state index contributed by atoms with van der Waals surface area (Å²) in [6.45, 7) is 5.11. The van der Waals surface area contributed by atoms with Gasteiger partial charge in [-0.2, -0.15) is 0 Å². The van der Waals surface area contributed by atoms with Crippen LogP contribution in [0.15, 0.2) is 77.7 Å². The number of hydrogen-bond acceptors (Lipinski definition) is 4. The summed E-state index contributed by atoms with van der Waals surface area (Å²) in [6, 6.07) is 21.4. The second-order valence-electron chi connectivity index (χ2n) is 9.18. The Morgan fingerprint density at radius 2 is 1.58 bits per heavy atom. The fourth-order valence-corrected chi connectivity index (χ4v) is 5.80. The molecule has 1 fully saturated rings. The first-order valence-corrected chi connectivity index (χ1v) is 13.4. The molecule has 188 valence electrons. The molecule has 0 radical (unpaired) electrons. The topological polar surface area (TPSA) is 86.8 Å². The number of anilines is 1. The molecule has 1 heterocycles. The summed E-state index contributed by atoms with van der Waals surface area (Å²) in [7, 11) is -3.95. The highest BCUT2D eigenvalue weighted by Gasteiger charge is 2.27. The van der Waals surface area contributed by atoms with Crippen molar-refractivity contribution in [2.45, 2.75) is 44.7 Å². The maximum atomic E-state index is 13.5. The first-order chi connectivity index (χ1) is 17.2. The van der Waals surface area contributed by atoms with Gasteiger partial charge in [-0.05, 0) is 66.8 Å². The average molecular weight is 506 g/mol. The van der Waals surface area contributed by atoms with Crippen LogP contribution in [0.1, 0.15) is 35.1 Å². The van der Waals surface area contributed by atoms with Crippen LogP contribution in [-0.4, -0.2) is 38.2 Å². The molecule has 1 N–H and O–H groups in total. The fourth-order valence-electron chi connectivity index (χ4n) is 4.37. The number of benzene rings is 3. The highest BCUT2D eigenvalue weighted by Crippen LogP contribution is 2.25. The van der Waals surface area contributed by atoms with Crippen LogP contribution in [0.2, 0.25) is 0 Å². The van der Waals surface area contributed by atoms with Crippen LogP contribution in [0.4, 0.5) is 5.69 Å². The summed E-state index contributed by atoms with van der Waals surface area (Å²) in [6.07, 6.45) is 1.52. The summed E-state index contributed by atoms with van der Waals surface area (Å²) in [4.78, 5) is 26.7. The third-order valence-electron chi connectivity index (χ3n) is 6.17. The third-order valence-corrected chi connectivity index (χ3v) is 7.96. The Morgan fingerprint density at radius 1 is 0.944 bits per heavy atom. The van der Waals surface area contributed by atoms with Gasteiger partial charge in [-0.15, -0.1) is 0 Å². The Labute approximate surface area is 212 Å². The molecule has 1 saturated heterocycles. The van der Waals surface area contributed by atoms with Crippen LogP contribution in [0.5, 0.6) is 0 Å². The molecule has 3 aromatic rings. The molecule has 2 amide bonds. The zero-order valence-corrected chi connectivity index (χ0v) is 21.4. The van der Waals surface area contributed by atoms with Crippen molar-refractivity contribution in [2.24, 2.45) is 0 Å². The highest BCUT2D eigenvalue weighted by atomic mass is 32.2. The maximum absolute atomic E-state index is 13.5. The molecule has 1 aliphatic rings. The summed E-state index contributed by atoms with van der Waals surface area (Å²) < 4.78 is 28.1. The van der Waals surface area contributed by atoms with Gasteiger partial charge < -0.3 is 10.2 Å². The van der Waals surface area contributed by atoms with Crippen LogP contribution in [0.25, 0.3) is 0 Å². The van der Waals surface area contributed by atoms with Gasteiger partial charge in [0.1, 0.15) is 6.54 Å². The minimum absolute atomic E-state index is 0.129. The van der Waals surface area contributed by atoms with E-state index in [1.165, 1.54) is 12.1 Å². The molecule has 4 rings (SSSR count). The molecule has 0 atom stereocenters. The van der Waals surface area contributed by atoms with E-state index >= 15 is 0 Å². The van der Waals surface area contributed by atoms with E-state index in [1.54, 1.807) is 30.3 Å². The van der Waals surface area contributed by atoms with Gasteiger partial charge in [0.05, 0.1) is 10.6 Å². The van der Waals surface area contributed by atoms with Crippen LogP contribution >= 0.6 is 0 Å². The molecular formula is C28H31N3O4S. The summed E-state index contributed by atoms with van der Waals surface area (Å²) in [5.41, 5.74) is 4.20.